The van der Waals surface area contributed by atoms with Crippen LogP contribution in [0.2, 0.25) is 0 Å². The highest BCUT2D eigenvalue weighted by Gasteiger charge is 2.27. The summed E-state index contributed by atoms with van der Waals surface area (Å²) in [4.78, 5) is 12.9. The van der Waals surface area contributed by atoms with Gasteiger partial charge in [-0.25, -0.2) is 0 Å². The predicted molar refractivity (Wildman–Crippen MR) is 123 cm³/mol. The average Bonchev–Trinajstić information content (AvgIpc) is 3.36. The molecule has 0 saturated heterocycles. The van der Waals surface area contributed by atoms with E-state index in [1.807, 2.05) is 38.1 Å². The zero-order valence-corrected chi connectivity index (χ0v) is 19.2. The van der Waals surface area contributed by atoms with E-state index in [1.165, 1.54) is 31.0 Å². The first-order valence-electron chi connectivity index (χ1n) is 11.0. The second kappa shape index (κ2) is 9.73. The average molecular weight is 439 g/mol. The Balaban J connectivity index is 1.55. The number of benzene rings is 1. The number of aromatic nitrogens is 3. The number of rotatable bonds is 7. The van der Waals surface area contributed by atoms with E-state index >= 15 is 0 Å². The van der Waals surface area contributed by atoms with Gasteiger partial charge in [-0.1, -0.05) is 61.9 Å². The molecule has 1 N–H and O–H groups in total. The summed E-state index contributed by atoms with van der Waals surface area (Å²) in [5, 5.41) is 12.6. The summed E-state index contributed by atoms with van der Waals surface area (Å²) in [6.45, 7) is 6.73. The van der Waals surface area contributed by atoms with Crippen molar-refractivity contribution >= 4 is 17.7 Å². The molecular formula is C24H30N4O2S. The fraction of sp³-hybridized carbons (Fsp3) is 0.458. The first-order valence-corrected chi connectivity index (χ1v) is 11.9. The van der Waals surface area contributed by atoms with Gasteiger partial charge in [0.2, 0.25) is 5.91 Å². The molecule has 1 fully saturated rings. The molecule has 7 heteroatoms. The van der Waals surface area contributed by atoms with Crippen LogP contribution in [0.15, 0.2) is 52.2 Å². The topological polar surface area (TPSA) is 72.9 Å². The third-order valence-corrected chi connectivity index (χ3v) is 7.17. The second-order valence-corrected chi connectivity index (χ2v) is 9.71. The lowest BCUT2D eigenvalue weighted by atomic mass is 9.86. The number of nitrogens with zero attached hydrogens (tertiary/aromatic N) is 3. The summed E-state index contributed by atoms with van der Waals surface area (Å²) in [6, 6.07) is 12.4. The number of nitrogens with one attached hydrogen (secondary N) is 1. The van der Waals surface area contributed by atoms with E-state index in [4.69, 9.17) is 4.42 Å². The number of carbonyl (C=O) groups excluding carboxylic acids is 1. The van der Waals surface area contributed by atoms with Crippen molar-refractivity contribution in [1.29, 1.82) is 0 Å². The maximum Gasteiger partial charge on any atom is 0.233 e. The number of carbonyl (C=O) groups is 1. The van der Waals surface area contributed by atoms with E-state index in [2.05, 4.69) is 39.1 Å². The Labute approximate surface area is 187 Å². The summed E-state index contributed by atoms with van der Waals surface area (Å²) in [6.07, 6.45) is 6.37. The molecule has 164 valence electrons. The number of aryl methyl sites for hydroxylation is 1. The lowest BCUT2D eigenvalue weighted by molar-refractivity contribution is -0.121. The van der Waals surface area contributed by atoms with Gasteiger partial charge in [-0.05, 0) is 44.2 Å². The van der Waals surface area contributed by atoms with Crippen LogP contribution in [0.5, 0.6) is 0 Å². The molecule has 0 spiro atoms. The SMILES string of the molecule is Cc1occc1-c1nnc(SC(C)C(=O)NC2CCCCC2C)n1Cc1ccccc1. The zero-order chi connectivity index (χ0) is 21.8. The third kappa shape index (κ3) is 5.03. The molecule has 2 heterocycles. The lowest BCUT2D eigenvalue weighted by Gasteiger charge is -2.30. The van der Waals surface area contributed by atoms with Gasteiger partial charge in [0.05, 0.1) is 23.6 Å². The van der Waals surface area contributed by atoms with Crippen LogP contribution in [0.4, 0.5) is 0 Å². The Kier molecular flexibility index (Phi) is 6.80. The van der Waals surface area contributed by atoms with Gasteiger partial charge in [0, 0.05) is 6.04 Å². The van der Waals surface area contributed by atoms with Gasteiger partial charge in [-0.3, -0.25) is 9.36 Å². The van der Waals surface area contributed by atoms with Crippen LogP contribution in [0, 0.1) is 12.8 Å². The predicted octanol–water partition coefficient (Wildman–Crippen LogP) is 5.07. The fourth-order valence-corrected chi connectivity index (χ4v) is 5.00. The van der Waals surface area contributed by atoms with Crippen molar-refractivity contribution in [2.45, 2.75) is 69.4 Å². The highest BCUT2D eigenvalue weighted by Crippen LogP contribution is 2.30. The minimum atomic E-state index is -0.258. The molecule has 2 aromatic heterocycles. The van der Waals surface area contributed by atoms with Gasteiger partial charge in [0.15, 0.2) is 11.0 Å². The summed E-state index contributed by atoms with van der Waals surface area (Å²) in [5.41, 5.74) is 2.07. The van der Waals surface area contributed by atoms with Gasteiger partial charge >= 0.3 is 0 Å². The minimum Gasteiger partial charge on any atom is -0.469 e. The van der Waals surface area contributed by atoms with Gasteiger partial charge < -0.3 is 9.73 Å². The Morgan fingerprint density at radius 1 is 1.23 bits per heavy atom. The second-order valence-electron chi connectivity index (χ2n) is 8.41. The Bertz CT molecular complexity index is 1010. The van der Waals surface area contributed by atoms with Crippen LogP contribution >= 0.6 is 11.8 Å². The highest BCUT2D eigenvalue weighted by atomic mass is 32.2. The monoisotopic (exact) mass is 438 g/mol. The van der Waals surface area contributed by atoms with Crippen LogP contribution in [-0.4, -0.2) is 32.0 Å². The number of furan rings is 1. The fourth-order valence-electron chi connectivity index (χ4n) is 4.14. The van der Waals surface area contributed by atoms with E-state index in [0.717, 1.165) is 34.3 Å². The molecule has 6 nitrogen and oxygen atoms in total. The molecule has 1 aliphatic rings. The van der Waals surface area contributed by atoms with Crippen molar-refractivity contribution in [2.24, 2.45) is 5.92 Å². The largest absolute Gasteiger partial charge is 0.469 e. The van der Waals surface area contributed by atoms with E-state index in [9.17, 15) is 4.79 Å². The molecule has 0 bridgehead atoms. The molecular weight excluding hydrogens is 408 g/mol. The number of thioether (sulfide) groups is 1. The maximum atomic E-state index is 12.9. The van der Waals surface area contributed by atoms with E-state index in [0.29, 0.717) is 12.5 Å². The normalized spacial score (nSPS) is 19.8. The molecule has 3 unspecified atom stereocenters. The Morgan fingerprint density at radius 3 is 2.71 bits per heavy atom. The lowest BCUT2D eigenvalue weighted by Crippen LogP contribution is -2.44. The van der Waals surface area contributed by atoms with Crippen molar-refractivity contribution < 1.29 is 9.21 Å². The smallest absolute Gasteiger partial charge is 0.233 e. The molecule has 1 aliphatic carbocycles. The standard InChI is InChI=1S/C24H30N4O2S/c1-16-9-7-8-12-21(16)25-23(29)18(3)31-24-27-26-22(20-13-14-30-17(20)2)28(24)15-19-10-5-4-6-11-19/h4-6,10-11,13-14,16,18,21H,7-9,12,15H2,1-3H3,(H,25,29). The van der Waals surface area contributed by atoms with Crippen molar-refractivity contribution in [1.82, 2.24) is 20.1 Å². The highest BCUT2D eigenvalue weighted by molar-refractivity contribution is 8.00. The van der Waals surface area contributed by atoms with E-state index < -0.39 is 0 Å². The van der Waals surface area contributed by atoms with Crippen molar-refractivity contribution in [3.8, 4) is 11.4 Å². The molecule has 3 aromatic rings. The van der Waals surface area contributed by atoms with Gasteiger partial charge in [-0.15, -0.1) is 10.2 Å². The summed E-state index contributed by atoms with van der Waals surface area (Å²) in [7, 11) is 0. The van der Waals surface area contributed by atoms with Crippen LogP contribution in [-0.2, 0) is 11.3 Å². The first-order chi connectivity index (χ1) is 15.0. The van der Waals surface area contributed by atoms with Crippen LogP contribution in [0.3, 0.4) is 0 Å². The van der Waals surface area contributed by atoms with Gasteiger partial charge in [0.25, 0.3) is 0 Å². The molecule has 1 amide bonds. The van der Waals surface area contributed by atoms with Crippen LogP contribution < -0.4 is 5.32 Å². The van der Waals surface area contributed by atoms with Crippen LogP contribution in [0.1, 0.15) is 50.9 Å². The molecule has 1 aromatic carbocycles. The van der Waals surface area contributed by atoms with Crippen molar-refractivity contribution in [3.63, 3.8) is 0 Å². The third-order valence-electron chi connectivity index (χ3n) is 6.09. The number of hydrogen-bond acceptors (Lipinski definition) is 5. The number of amides is 1. The van der Waals surface area contributed by atoms with Crippen molar-refractivity contribution in [2.75, 3.05) is 0 Å². The quantitative estimate of drug-likeness (QED) is 0.521. The van der Waals surface area contributed by atoms with E-state index in [1.54, 1.807) is 6.26 Å². The maximum absolute atomic E-state index is 12.9. The first kappa shape index (κ1) is 21.7. The van der Waals surface area contributed by atoms with E-state index in [-0.39, 0.29) is 17.2 Å². The van der Waals surface area contributed by atoms with Crippen LogP contribution in [0.25, 0.3) is 11.4 Å². The Hall–Kier alpha value is -2.54. The number of hydrogen-bond donors (Lipinski definition) is 1. The van der Waals surface area contributed by atoms with Gasteiger partial charge in [-0.2, -0.15) is 0 Å². The summed E-state index contributed by atoms with van der Waals surface area (Å²) < 4.78 is 7.57. The molecule has 0 radical (unpaired) electrons. The molecule has 0 aliphatic heterocycles. The van der Waals surface area contributed by atoms with Crippen molar-refractivity contribution in [3.05, 3.63) is 54.0 Å². The summed E-state index contributed by atoms with van der Waals surface area (Å²) >= 11 is 1.46. The minimum absolute atomic E-state index is 0.0686. The molecule has 3 atom stereocenters. The van der Waals surface area contributed by atoms with Gasteiger partial charge in [0.1, 0.15) is 5.76 Å². The Morgan fingerprint density at radius 2 is 2.00 bits per heavy atom. The molecule has 1 saturated carbocycles. The molecule has 31 heavy (non-hydrogen) atoms. The summed E-state index contributed by atoms with van der Waals surface area (Å²) in [5.74, 6) is 2.16. The molecule has 4 rings (SSSR count). The zero-order valence-electron chi connectivity index (χ0n) is 18.4.